The Bertz CT molecular complexity index is 1210. The van der Waals surface area contributed by atoms with Gasteiger partial charge in [-0.15, -0.1) is 0 Å². The summed E-state index contributed by atoms with van der Waals surface area (Å²) < 4.78 is 28.8. The summed E-state index contributed by atoms with van der Waals surface area (Å²) in [7, 11) is -3.85. The molecule has 0 radical (unpaired) electrons. The predicted molar refractivity (Wildman–Crippen MR) is 122 cm³/mol. The summed E-state index contributed by atoms with van der Waals surface area (Å²) in [6.07, 6.45) is 0. The van der Waals surface area contributed by atoms with Crippen LogP contribution >= 0.6 is 0 Å². The SMILES string of the molecule is Cc1ccc(NS(=O)(=O)c2cc(C(=O)Nc3c(C)cccc3C)ccc2C)c(C)c1. The number of hydrogen-bond donors (Lipinski definition) is 2. The van der Waals surface area contributed by atoms with Crippen molar-refractivity contribution >= 4 is 27.3 Å². The van der Waals surface area contributed by atoms with Gasteiger partial charge in [0.25, 0.3) is 15.9 Å². The van der Waals surface area contributed by atoms with Gasteiger partial charge >= 0.3 is 0 Å². The highest BCUT2D eigenvalue weighted by molar-refractivity contribution is 7.92. The zero-order valence-electron chi connectivity index (χ0n) is 17.8. The zero-order valence-corrected chi connectivity index (χ0v) is 18.6. The second kappa shape index (κ2) is 8.32. The molecule has 0 aromatic heterocycles. The van der Waals surface area contributed by atoms with Crippen molar-refractivity contribution in [2.45, 2.75) is 39.5 Å². The molecule has 6 heteroatoms. The minimum Gasteiger partial charge on any atom is -0.322 e. The summed E-state index contributed by atoms with van der Waals surface area (Å²) in [6.45, 7) is 9.35. The van der Waals surface area contributed by atoms with Crippen LogP contribution in [0, 0.1) is 34.6 Å². The summed E-state index contributed by atoms with van der Waals surface area (Å²) in [5.74, 6) is -0.352. The summed E-state index contributed by atoms with van der Waals surface area (Å²) in [6, 6.07) is 16.0. The minimum absolute atomic E-state index is 0.0802. The fourth-order valence-electron chi connectivity index (χ4n) is 3.36. The number of amides is 1. The first-order chi connectivity index (χ1) is 14.1. The molecule has 1 amide bonds. The van der Waals surface area contributed by atoms with Crippen LogP contribution in [-0.4, -0.2) is 14.3 Å². The van der Waals surface area contributed by atoms with E-state index in [2.05, 4.69) is 10.0 Å². The Labute approximate surface area is 178 Å². The van der Waals surface area contributed by atoms with Gasteiger partial charge in [-0.25, -0.2) is 8.42 Å². The molecule has 0 fully saturated rings. The van der Waals surface area contributed by atoms with Crippen LogP contribution in [0.3, 0.4) is 0 Å². The fraction of sp³-hybridized carbons (Fsp3) is 0.208. The van der Waals surface area contributed by atoms with E-state index in [0.29, 0.717) is 11.3 Å². The number of aryl methyl sites for hydroxylation is 5. The molecule has 0 saturated carbocycles. The van der Waals surface area contributed by atoms with E-state index in [4.69, 9.17) is 0 Å². The molecule has 5 nitrogen and oxygen atoms in total. The summed E-state index contributed by atoms with van der Waals surface area (Å²) in [5.41, 5.74) is 5.88. The van der Waals surface area contributed by atoms with E-state index < -0.39 is 10.0 Å². The van der Waals surface area contributed by atoms with Crippen molar-refractivity contribution in [1.29, 1.82) is 0 Å². The topological polar surface area (TPSA) is 75.3 Å². The predicted octanol–water partition coefficient (Wildman–Crippen LogP) is 5.28. The van der Waals surface area contributed by atoms with Crippen molar-refractivity contribution in [3.05, 3.63) is 88.0 Å². The number of carbonyl (C=O) groups is 1. The minimum atomic E-state index is -3.85. The molecule has 0 unspecified atom stereocenters. The first-order valence-electron chi connectivity index (χ1n) is 9.67. The van der Waals surface area contributed by atoms with Gasteiger partial charge in [-0.1, -0.05) is 42.0 Å². The highest BCUT2D eigenvalue weighted by Gasteiger charge is 2.20. The highest BCUT2D eigenvalue weighted by Crippen LogP contribution is 2.25. The first-order valence-corrected chi connectivity index (χ1v) is 11.1. The summed E-state index contributed by atoms with van der Waals surface area (Å²) >= 11 is 0. The quantitative estimate of drug-likeness (QED) is 0.587. The van der Waals surface area contributed by atoms with Crippen molar-refractivity contribution < 1.29 is 13.2 Å². The van der Waals surface area contributed by atoms with Crippen LogP contribution in [0.5, 0.6) is 0 Å². The van der Waals surface area contributed by atoms with Crippen LogP contribution in [-0.2, 0) is 10.0 Å². The third-order valence-corrected chi connectivity index (χ3v) is 6.59. The van der Waals surface area contributed by atoms with E-state index in [9.17, 15) is 13.2 Å². The molecule has 3 aromatic carbocycles. The summed E-state index contributed by atoms with van der Waals surface area (Å²) in [5, 5.41) is 2.90. The Morgan fingerprint density at radius 3 is 2.07 bits per heavy atom. The van der Waals surface area contributed by atoms with Crippen molar-refractivity contribution in [2.24, 2.45) is 0 Å². The van der Waals surface area contributed by atoms with Gasteiger partial charge in [0.1, 0.15) is 0 Å². The van der Waals surface area contributed by atoms with E-state index in [-0.39, 0.29) is 16.4 Å². The van der Waals surface area contributed by atoms with Gasteiger partial charge in [0.15, 0.2) is 0 Å². The molecule has 0 atom stereocenters. The van der Waals surface area contributed by atoms with E-state index in [1.54, 1.807) is 25.1 Å². The van der Waals surface area contributed by atoms with E-state index in [1.165, 1.54) is 6.07 Å². The lowest BCUT2D eigenvalue weighted by Crippen LogP contribution is -2.18. The second-order valence-corrected chi connectivity index (χ2v) is 9.28. The zero-order chi connectivity index (χ0) is 22.1. The molecule has 30 heavy (non-hydrogen) atoms. The van der Waals surface area contributed by atoms with Gasteiger partial charge < -0.3 is 5.32 Å². The average molecular weight is 423 g/mol. The third-order valence-electron chi connectivity index (χ3n) is 5.09. The van der Waals surface area contributed by atoms with Crippen molar-refractivity contribution in [1.82, 2.24) is 0 Å². The van der Waals surface area contributed by atoms with E-state index >= 15 is 0 Å². The number of hydrogen-bond acceptors (Lipinski definition) is 3. The number of para-hydroxylation sites is 1. The molecule has 0 saturated heterocycles. The van der Waals surface area contributed by atoms with Crippen LogP contribution in [0.1, 0.15) is 38.2 Å². The van der Waals surface area contributed by atoms with Gasteiger partial charge in [-0.2, -0.15) is 0 Å². The molecular formula is C24H26N2O3S. The second-order valence-electron chi connectivity index (χ2n) is 7.63. The van der Waals surface area contributed by atoms with Crippen LogP contribution < -0.4 is 10.0 Å². The molecule has 3 rings (SSSR count). The van der Waals surface area contributed by atoms with E-state index in [1.807, 2.05) is 58.0 Å². The smallest absolute Gasteiger partial charge is 0.262 e. The van der Waals surface area contributed by atoms with Crippen LogP contribution in [0.2, 0.25) is 0 Å². The van der Waals surface area contributed by atoms with Crippen molar-refractivity contribution in [2.75, 3.05) is 10.0 Å². The standard InChI is InChI=1S/C24H26N2O3S/c1-15-9-12-21(19(5)13-15)26-30(28,29)22-14-20(11-10-16(22)2)24(27)25-23-17(3)7-6-8-18(23)4/h6-14,26H,1-5H3,(H,25,27). The molecule has 2 N–H and O–H groups in total. The molecular weight excluding hydrogens is 396 g/mol. The molecule has 0 bridgehead atoms. The summed E-state index contributed by atoms with van der Waals surface area (Å²) in [4.78, 5) is 12.9. The molecule has 0 aliphatic carbocycles. The number of sulfonamides is 1. The van der Waals surface area contributed by atoms with Crippen LogP contribution in [0.15, 0.2) is 59.5 Å². The highest BCUT2D eigenvalue weighted by atomic mass is 32.2. The number of benzene rings is 3. The maximum absolute atomic E-state index is 13.1. The lowest BCUT2D eigenvalue weighted by atomic mass is 10.1. The maximum Gasteiger partial charge on any atom is 0.262 e. The number of carbonyl (C=O) groups excluding carboxylic acids is 1. The Hall–Kier alpha value is -3.12. The Kier molecular flexibility index (Phi) is 5.99. The normalized spacial score (nSPS) is 11.2. The Balaban J connectivity index is 1.93. The van der Waals surface area contributed by atoms with Gasteiger partial charge in [-0.3, -0.25) is 9.52 Å². The van der Waals surface area contributed by atoms with E-state index in [0.717, 1.165) is 27.9 Å². The van der Waals surface area contributed by atoms with Crippen LogP contribution in [0.25, 0.3) is 0 Å². The van der Waals surface area contributed by atoms with Gasteiger partial charge in [0.2, 0.25) is 0 Å². The van der Waals surface area contributed by atoms with Crippen molar-refractivity contribution in [3.63, 3.8) is 0 Å². The molecule has 156 valence electrons. The molecule has 0 aliphatic heterocycles. The molecule has 0 aliphatic rings. The Morgan fingerprint density at radius 2 is 1.43 bits per heavy atom. The third kappa shape index (κ3) is 4.54. The molecule has 0 spiro atoms. The lowest BCUT2D eigenvalue weighted by molar-refractivity contribution is 0.102. The fourth-order valence-corrected chi connectivity index (χ4v) is 4.76. The largest absolute Gasteiger partial charge is 0.322 e. The van der Waals surface area contributed by atoms with Gasteiger partial charge in [-0.05, 0) is 75.1 Å². The number of rotatable bonds is 5. The lowest BCUT2D eigenvalue weighted by Gasteiger charge is -2.15. The maximum atomic E-state index is 13.1. The molecule has 0 heterocycles. The Morgan fingerprint density at radius 1 is 0.767 bits per heavy atom. The van der Waals surface area contributed by atoms with Gasteiger partial charge in [0.05, 0.1) is 10.6 Å². The average Bonchev–Trinajstić information content (AvgIpc) is 2.67. The van der Waals surface area contributed by atoms with Gasteiger partial charge in [0, 0.05) is 11.3 Å². The molecule has 3 aromatic rings. The van der Waals surface area contributed by atoms with Crippen LogP contribution in [0.4, 0.5) is 11.4 Å². The number of nitrogens with one attached hydrogen (secondary N) is 2. The first kappa shape index (κ1) is 21.6. The van der Waals surface area contributed by atoms with Crippen molar-refractivity contribution in [3.8, 4) is 0 Å². The number of anilines is 2. The monoisotopic (exact) mass is 422 g/mol.